The second-order valence-corrected chi connectivity index (χ2v) is 8.31. The molecule has 8 heteroatoms. The number of halogens is 2. The molecule has 0 unspecified atom stereocenters. The standard InChI is InChI=1S/C23H21ClN4OS.ClH/c1-17-8-10-19(24)22-21(17)26-23(30-22)28(14-5-13-27-15-12-25-16-27)20(29)11-9-18-6-3-2-4-7-18;/h2-4,6-12,15-16H,5,13-14H2,1H3;1H/b11-9+;. The molecule has 0 N–H and O–H groups in total. The van der Waals surface area contributed by atoms with Gasteiger partial charge in [-0.3, -0.25) is 9.69 Å². The third-order valence-corrected chi connectivity index (χ3v) is 6.30. The van der Waals surface area contributed by atoms with Gasteiger partial charge in [-0.15, -0.1) is 12.4 Å². The highest BCUT2D eigenvalue weighted by molar-refractivity contribution is 7.23. The Hall–Kier alpha value is -2.67. The molecule has 160 valence electrons. The number of thiazole rings is 1. The van der Waals surface area contributed by atoms with Crippen molar-refractivity contribution in [2.45, 2.75) is 19.9 Å². The van der Waals surface area contributed by atoms with E-state index in [0.29, 0.717) is 16.7 Å². The van der Waals surface area contributed by atoms with Crippen LogP contribution in [-0.2, 0) is 11.3 Å². The van der Waals surface area contributed by atoms with Crippen LogP contribution in [0.4, 0.5) is 5.13 Å². The summed E-state index contributed by atoms with van der Waals surface area (Å²) in [6.07, 6.45) is 9.67. The number of imidazole rings is 1. The van der Waals surface area contributed by atoms with E-state index in [1.54, 1.807) is 23.5 Å². The first-order valence-corrected chi connectivity index (χ1v) is 10.9. The number of rotatable bonds is 7. The Bertz CT molecular complexity index is 1130. The Morgan fingerprint density at radius 3 is 2.74 bits per heavy atom. The Morgan fingerprint density at radius 1 is 1.23 bits per heavy atom. The fourth-order valence-corrected chi connectivity index (χ4v) is 4.51. The van der Waals surface area contributed by atoms with Crippen LogP contribution in [0, 0.1) is 6.92 Å². The maximum Gasteiger partial charge on any atom is 0.252 e. The van der Waals surface area contributed by atoms with Gasteiger partial charge in [0.2, 0.25) is 0 Å². The van der Waals surface area contributed by atoms with Gasteiger partial charge < -0.3 is 4.57 Å². The predicted octanol–water partition coefficient (Wildman–Crippen LogP) is 6.01. The third kappa shape index (κ3) is 5.53. The van der Waals surface area contributed by atoms with Crippen molar-refractivity contribution in [1.29, 1.82) is 0 Å². The van der Waals surface area contributed by atoms with Gasteiger partial charge in [-0.25, -0.2) is 9.97 Å². The molecule has 0 fully saturated rings. The molecule has 0 saturated carbocycles. The van der Waals surface area contributed by atoms with Crippen LogP contribution in [0.3, 0.4) is 0 Å². The van der Waals surface area contributed by atoms with Gasteiger partial charge in [-0.2, -0.15) is 0 Å². The highest BCUT2D eigenvalue weighted by Gasteiger charge is 2.19. The molecule has 2 aromatic heterocycles. The highest BCUT2D eigenvalue weighted by atomic mass is 35.5. The van der Waals surface area contributed by atoms with Gasteiger partial charge in [0.15, 0.2) is 5.13 Å². The van der Waals surface area contributed by atoms with Crippen molar-refractivity contribution in [2.24, 2.45) is 0 Å². The summed E-state index contributed by atoms with van der Waals surface area (Å²) in [5.74, 6) is -0.0997. The number of hydrogen-bond donors (Lipinski definition) is 0. The zero-order valence-electron chi connectivity index (χ0n) is 16.9. The molecule has 2 heterocycles. The molecule has 0 aliphatic carbocycles. The number of benzene rings is 2. The summed E-state index contributed by atoms with van der Waals surface area (Å²) in [5, 5.41) is 1.32. The molecule has 0 spiro atoms. The summed E-state index contributed by atoms with van der Waals surface area (Å²) in [7, 11) is 0. The molecular weight excluding hydrogens is 451 g/mol. The fourth-order valence-electron chi connectivity index (χ4n) is 3.16. The fraction of sp³-hybridized carbons (Fsp3) is 0.174. The molecule has 0 bridgehead atoms. The number of carbonyl (C=O) groups excluding carboxylic acids is 1. The van der Waals surface area contributed by atoms with Gasteiger partial charge in [0.25, 0.3) is 5.91 Å². The van der Waals surface area contributed by atoms with E-state index in [1.807, 2.05) is 66.2 Å². The van der Waals surface area contributed by atoms with E-state index in [4.69, 9.17) is 16.6 Å². The summed E-state index contributed by atoms with van der Waals surface area (Å²) < 4.78 is 2.91. The van der Waals surface area contributed by atoms with E-state index in [9.17, 15) is 4.79 Å². The quantitative estimate of drug-likeness (QED) is 0.309. The SMILES string of the molecule is Cc1ccc(Cl)c2sc(N(CCCn3ccnc3)C(=O)/C=C/c3ccccc3)nc12.Cl. The summed E-state index contributed by atoms with van der Waals surface area (Å²) in [4.78, 5) is 23.7. The first kappa shape index (κ1) is 23.0. The van der Waals surface area contributed by atoms with Crippen LogP contribution >= 0.6 is 35.3 Å². The van der Waals surface area contributed by atoms with E-state index in [2.05, 4.69) is 4.98 Å². The summed E-state index contributed by atoms with van der Waals surface area (Å²) in [6, 6.07) is 13.6. The lowest BCUT2D eigenvalue weighted by Crippen LogP contribution is -2.30. The number of aromatic nitrogens is 3. The average Bonchev–Trinajstić information content (AvgIpc) is 3.44. The number of fused-ring (bicyclic) bond motifs is 1. The van der Waals surface area contributed by atoms with Crippen LogP contribution in [0.25, 0.3) is 16.3 Å². The number of aryl methyl sites for hydroxylation is 2. The minimum Gasteiger partial charge on any atom is -0.337 e. The molecule has 0 aliphatic heterocycles. The minimum absolute atomic E-state index is 0. The van der Waals surface area contributed by atoms with Crippen molar-refractivity contribution < 1.29 is 4.79 Å². The second kappa shape index (κ2) is 10.6. The maximum absolute atomic E-state index is 13.1. The summed E-state index contributed by atoms with van der Waals surface area (Å²) in [6.45, 7) is 3.33. The third-order valence-electron chi connectivity index (χ3n) is 4.76. The number of hydrogen-bond acceptors (Lipinski definition) is 4. The van der Waals surface area contributed by atoms with E-state index in [-0.39, 0.29) is 18.3 Å². The van der Waals surface area contributed by atoms with Crippen molar-refractivity contribution in [3.05, 3.63) is 83.4 Å². The zero-order valence-corrected chi connectivity index (χ0v) is 19.3. The molecule has 0 atom stereocenters. The molecular formula is C23H22Cl2N4OS. The Kier molecular flexibility index (Phi) is 7.85. The molecule has 0 aliphatic rings. The zero-order chi connectivity index (χ0) is 20.9. The molecule has 0 saturated heterocycles. The van der Waals surface area contributed by atoms with Gasteiger partial charge in [-0.1, -0.05) is 59.3 Å². The lowest BCUT2D eigenvalue weighted by atomic mass is 10.2. The second-order valence-electron chi connectivity index (χ2n) is 6.93. The highest BCUT2D eigenvalue weighted by Crippen LogP contribution is 2.35. The molecule has 4 rings (SSSR count). The molecule has 2 aromatic carbocycles. The molecule has 4 aromatic rings. The van der Waals surface area contributed by atoms with Crippen LogP contribution in [0.5, 0.6) is 0 Å². The van der Waals surface area contributed by atoms with Crippen molar-refractivity contribution in [2.75, 3.05) is 11.4 Å². The topological polar surface area (TPSA) is 51.0 Å². The van der Waals surface area contributed by atoms with Crippen molar-refractivity contribution >= 4 is 62.7 Å². The number of carbonyl (C=O) groups is 1. The largest absolute Gasteiger partial charge is 0.337 e. The Morgan fingerprint density at radius 2 is 2.03 bits per heavy atom. The van der Waals surface area contributed by atoms with Gasteiger partial charge >= 0.3 is 0 Å². The van der Waals surface area contributed by atoms with E-state index < -0.39 is 0 Å². The van der Waals surface area contributed by atoms with Crippen molar-refractivity contribution in [1.82, 2.24) is 14.5 Å². The van der Waals surface area contributed by atoms with Crippen LogP contribution in [0.2, 0.25) is 5.02 Å². The van der Waals surface area contributed by atoms with Crippen molar-refractivity contribution in [3.63, 3.8) is 0 Å². The first-order chi connectivity index (χ1) is 14.6. The Labute approximate surface area is 196 Å². The Balaban J connectivity index is 0.00000272. The number of anilines is 1. The molecule has 0 radical (unpaired) electrons. The van der Waals surface area contributed by atoms with E-state index in [1.165, 1.54) is 11.3 Å². The molecule has 5 nitrogen and oxygen atoms in total. The smallest absolute Gasteiger partial charge is 0.252 e. The first-order valence-electron chi connectivity index (χ1n) is 9.68. The molecule has 1 amide bonds. The average molecular weight is 473 g/mol. The van der Waals surface area contributed by atoms with Crippen LogP contribution in [0.15, 0.2) is 67.3 Å². The number of amides is 1. The normalized spacial score (nSPS) is 11.0. The summed E-state index contributed by atoms with van der Waals surface area (Å²) in [5.41, 5.74) is 2.87. The minimum atomic E-state index is -0.0997. The maximum atomic E-state index is 13.1. The van der Waals surface area contributed by atoms with E-state index >= 15 is 0 Å². The van der Waals surface area contributed by atoms with Crippen LogP contribution < -0.4 is 4.90 Å². The van der Waals surface area contributed by atoms with Crippen LogP contribution in [0.1, 0.15) is 17.5 Å². The lowest BCUT2D eigenvalue weighted by molar-refractivity contribution is -0.114. The molecule has 31 heavy (non-hydrogen) atoms. The van der Waals surface area contributed by atoms with Crippen LogP contribution in [-0.4, -0.2) is 27.0 Å². The van der Waals surface area contributed by atoms with Gasteiger partial charge in [0.1, 0.15) is 0 Å². The lowest BCUT2D eigenvalue weighted by Gasteiger charge is -2.18. The van der Waals surface area contributed by atoms with E-state index in [0.717, 1.165) is 34.3 Å². The predicted molar refractivity (Wildman–Crippen MR) is 131 cm³/mol. The van der Waals surface area contributed by atoms with Crippen molar-refractivity contribution in [3.8, 4) is 0 Å². The monoisotopic (exact) mass is 472 g/mol. The number of nitrogens with zero attached hydrogens (tertiary/aromatic N) is 4. The van der Waals surface area contributed by atoms with Gasteiger partial charge in [0, 0.05) is 31.6 Å². The summed E-state index contributed by atoms with van der Waals surface area (Å²) >= 11 is 7.84. The van der Waals surface area contributed by atoms with Gasteiger partial charge in [-0.05, 0) is 36.6 Å². The van der Waals surface area contributed by atoms with Gasteiger partial charge in [0.05, 0.1) is 21.6 Å².